The van der Waals surface area contributed by atoms with E-state index in [-0.39, 0.29) is 0 Å². The van der Waals surface area contributed by atoms with Crippen LogP contribution in [0.15, 0.2) is 30.3 Å². The topological polar surface area (TPSA) is 12.0 Å². The lowest BCUT2D eigenvalue weighted by molar-refractivity contribution is 0.379. The molecule has 0 bridgehead atoms. The number of hydrogen-bond acceptors (Lipinski definition) is 1. The lowest BCUT2D eigenvalue weighted by atomic mass is 9.88. The van der Waals surface area contributed by atoms with Crippen LogP contribution in [0, 0.1) is 11.8 Å². The van der Waals surface area contributed by atoms with Crippen molar-refractivity contribution in [2.75, 3.05) is 6.54 Å². The van der Waals surface area contributed by atoms with E-state index >= 15 is 0 Å². The standard InChI is InChI=1S/C18H31N/c1-6-15(4)12-16(5)19-13-18(14(2)3)17-10-8-7-9-11-17/h7-11,14-16,18-19H,6,12-13H2,1-5H3. The molecule has 0 heterocycles. The van der Waals surface area contributed by atoms with Crippen molar-refractivity contribution < 1.29 is 0 Å². The van der Waals surface area contributed by atoms with Gasteiger partial charge in [-0.3, -0.25) is 0 Å². The Morgan fingerprint density at radius 1 is 1.00 bits per heavy atom. The van der Waals surface area contributed by atoms with Crippen molar-refractivity contribution in [1.82, 2.24) is 5.32 Å². The van der Waals surface area contributed by atoms with Gasteiger partial charge in [0.25, 0.3) is 0 Å². The maximum Gasteiger partial charge on any atom is 0.00415 e. The summed E-state index contributed by atoms with van der Waals surface area (Å²) in [5.74, 6) is 2.10. The second kappa shape index (κ2) is 8.37. The first-order chi connectivity index (χ1) is 9.04. The van der Waals surface area contributed by atoms with E-state index in [2.05, 4.69) is 70.3 Å². The van der Waals surface area contributed by atoms with Gasteiger partial charge in [0, 0.05) is 12.6 Å². The van der Waals surface area contributed by atoms with Gasteiger partial charge in [0.1, 0.15) is 0 Å². The van der Waals surface area contributed by atoms with Crippen LogP contribution in [-0.4, -0.2) is 12.6 Å². The van der Waals surface area contributed by atoms with Gasteiger partial charge in [-0.05, 0) is 36.7 Å². The summed E-state index contributed by atoms with van der Waals surface area (Å²) in [4.78, 5) is 0. The van der Waals surface area contributed by atoms with Crippen molar-refractivity contribution in [3.63, 3.8) is 0 Å². The summed E-state index contributed by atoms with van der Waals surface area (Å²) in [6, 6.07) is 11.5. The van der Waals surface area contributed by atoms with Crippen LogP contribution in [0.2, 0.25) is 0 Å². The summed E-state index contributed by atoms with van der Waals surface area (Å²) in [7, 11) is 0. The second-order valence-corrected chi connectivity index (χ2v) is 6.32. The molecule has 0 amide bonds. The molecule has 1 N–H and O–H groups in total. The predicted octanol–water partition coefficient (Wildman–Crippen LogP) is 4.84. The molecule has 0 aromatic heterocycles. The first kappa shape index (κ1) is 16.2. The molecule has 0 radical (unpaired) electrons. The zero-order chi connectivity index (χ0) is 14.3. The Hall–Kier alpha value is -0.820. The van der Waals surface area contributed by atoms with Gasteiger partial charge in [-0.15, -0.1) is 0 Å². The highest BCUT2D eigenvalue weighted by Crippen LogP contribution is 2.23. The van der Waals surface area contributed by atoms with Gasteiger partial charge in [0.2, 0.25) is 0 Å². The number of hydrogen-bond donors (Lipinski definition) is 1. The third kappa shape index (κ3) is 5.78. The average molecular weight is 261 g/mol. The summed E-state index contributed by atoms with van der Waals surface area (Å²) < 4.78 is 0. The van der Waals surface area contributed by atoms with E-state index in [1.165, 1.54) is 18.4 Å². The van der Waals surface area contributed by atoms with Crippen LogP contribution in [0.3, 0.4) is 0 Å². The van der Waals surface area contributed by atoms with Gasteiger partial charge >= 0.3 is 0 Å². The van der Waals surface area contributed by atoms with Crippen LogP contribution in [0.4, 0.5) is 0 Å². The fourth-order valence-corrected chi connectivity index (χ4v) is 2.62. The smallest absolute Gasteiger partial charge is 0.00415 e. The lowest BCUT2D eigenvalue weighted by Gasteiger charge is -2.25. The van der Waals surface area contributed by atoms with E-state index in [1.807, 2.05) is 0 Å². The quantitative estimate of drug-likeness (QED) is 0.706. The van der Waals surface area contributed by atoms with E-state index in [0.29, 0.717) is 17.9 Å². The molecule has 0 fully saturated rings. The minimum atomic E-state index is 0.611. The lowest BCUT2D eigenvalue weighted by Crippen LogP contribution is -2.33. The summed E-state index contributed by atoms with van der Waals surface area (Å²) >= 11 is 0. The average Bonchev–Trinajstić information content (AvgIpc) is 2.39. The molecule has 1 rings (SSSR count). The number of nitrogens with one attached hydrogen (secondary N) is 1. The Morgan fingerprint density at radius 3 is 2.16 bits per heavy atom. The maximum absolute atomic E-state index is 3.73. The Bertz CT molecular complexity index is 331. The summed E-state index contributed by atoms with van der Waals surface area (Å²) in [5, 5.41) is 3.73. The van der Waals surface area contributed by atoms with Crippen LogP contribution in [-0.2, 0) is 0 Å². The SMILES string of the molecule is CCC(C)CC(C)NCC(c1ccccc1)C(C)C. The Morgan fingerprint density at radius 2 is 1.63 bits per heavy atom. The molecule has 0 saturated carbocycles. The van der Waals surface area contributed by atoms with Gasteiger partial charge in [-0.2, -0.15) is 0 Å². The van der Waals surface area contributed by atoms with E-state index < -0.39 is 0 Å². The highest BCUT2D eigenvalue weighted by Gasteiger charge is 2.16. The van der Waals surface area contributed by atoms with E-state index in [1.54, 1.807) is 0 Å². The van der Waals surface area contributed by atoms with Gasteiger partial charge in [-0.1, -0.05) is 64.4 Å². The van der Waals surface area contributed by atoms with E-state index in [4.69, 9.17) is 0 Å². The normalized spacial score (nSPS) is 16.3. The van der Waals surface area contributed by atoms with Crippen LogP contribution in [0.1, 0.15) is 58.9 Å². The molecule has 0 aliphatic carbocycles. The van der Waals surface area contributed by atoms with Crippen molar-refractivity contribution in [3.05, 3.63) is 35.9 Å². The maximum atomic E-state index is 3.73. The molecule has 0 aliphatic rings. The van der Waals surface area contributed by atoms with Crippen molar-refractivity contribution in [1.29, 1.82) is 0 Å². The minimum Gasteiger partial charge on any atom is -0.314 e. The second-order valence-electron chi connectivity index (χ2n) is 6.32. The van der Waals surface area contributed by atoms with Gasteiger partial charge in [0.15, 0.2) is 0 Å². The molecule has 108 valence electrons. The number of rotatable bonds is 8. The monoisotopic (exact) mass is 261 g/mol. The largest absolute Gasteiger partial charge is 0.314 e. The molecule has 3 unspecified atom stereocenters. The first-order valence-corrected chi connectivity index (χ1v) is 7.82. The van der Waals surface area contributed by atoms with E-state index in [9.17, 15) is 0 Å². The van der Waals surface area contributed by atoms with Crippen LogP contribution >= 0.6 is 0 Å². The molecular weight excluding hydrogens is 230 g/mol. The third-order valence-corrected chi connectivity index (χ3v) is 4.17. The van der Waals surface area contributed by atoms with Gasteiger partial charge in [0.05, 0.1) is 0 Å². The molecule has 0 aliphatic heterocycles. The highest BCUT2D eigenvalue weighted by molar-refractivity contribution is 5.20. The zero-order valence-corrected chi connectivity index (χ0v) is 13.3. The molecule has 1 aromatic rings. The van der Waals surface area contributed by atoms with Gasteiger partial charge in [-0.25, -0.2) is 0 Å². The fraction of sp³-hybridized carbons (Fsp3) is 0.667. The van der Waals surface area contributed by atoms with Crippen molar-refractivity contribution >= 4 is 0 Å². The Kier molecular flexibility index (Phi) is 7.15. The first-order valence-electron chi connectivity index (χ1n) is 7.82. The van der Waals surface area contributed by atoms with E-state index in [0.717, 1.165) is 12.5 Å². The molecule has 0 saturated heterocycles. The van der Waals surface area contributed by atoms with Gasteiger partial charge < -0.3 is 5.32 Å². The Labute approximate surface area is 119 Å². The molecule has 3 atom stereocenters. The minimum absolute atomic E-state index is 0.611. The van der Waals surface area contributed by atoms with Crippen molar-refractivity contribution in [2.24, 2.45) is 11.8 Å². The van der Waals surface area contributed by atoms with Crippen LogP contribution in [0.25, 0.3) is 0 Å². The highest BCUT2D eigenvalue weighted by atomic mass is 14.9. The third-order valence-electron chi connectivity index (χ3n) is 4.17. The van der Waals surface area contributed by atoms with Crippen LogP contribution in [0.5, 0.6) is 0 Å². The fourth-order valence-electron chi connectivity index (χ4n) is 2.62. The molecular formula is C18H31N. The number of benzene rings is 1. The summed E-state index contributed by atoms with van der Waals surface area (Å²) in [6.45, 7) is 12.7. The zero-order valence-electron chi connectivity index (χ0n) is 13.3. The van der Waals surface area contributed by atoms with Crippen LogP contribution < -0.4 is 5.32 Å². The molecule has 19 heavy (non-hydrogen) atoms. The Balaban J connectivity index is 2.52. The summed E-state index contributed by atoms with van der Waals surface area (Å²) in [6.07, 6.45) is 2.55. The molecule has 0 spiro atoms. The van der Waals surface area contributed by atoms with Crippen molar-refractivity contribution in [2.45, 2.75) is 59.4 Å². The van der Waals surface area contributed by atoms with Crippen molar-refractivity contribution in [3.8, 4) is 0 Å². The summed E-state index contributed by atoms with van der Waals surface area (Å²) in [5.41, 5.74) is 1.46. The molecule has 1 heteroatoms. The molecule has 1 aromatic carbocycles. The predicted molar refractivity (Wildman–Crippen MR) is 85.6 cm³/mol. The molecule has 1 nitrogen and oxygen atoms in total.